The van der Waals surface area contributed by atoms with E-state index in [4.69, 9.17) is 15.6 Å². The molecule has 0 saturated heterocycles. The largest absolute Gasteiger partial charge is 0.446 e. The van der Waals surface area contributed by atoms with Crippen molar-refractivity contribution in [3.05, 3.63) is 0 Å². The predicted molar refractivity (Wildman–Crippen MR) is 38.9 cm³/mol. The van der Waals surface area contributed by atoms with Crippen molar-refractivity contribution in [3.8, 4) is 0 Å². The third kappa shape index (κ3) is 2.76. The van der Waals surface area contributed by atoms with Crippen LogP contribution in [0.1, 0.15) is 25.7 Å². The summed E-state index contributed by atoms with van der Waals surface area (Å²) in [4.78, 5) is 10.3. The number of nitrogens with two attached hydrogens (primary N) is 1. The molecule has 11 heavy (non-hydrogen) atoms. The molecule has 1 aliphatic carbocycles. The summed E-state index contributed by atoms with van der Waals surface area (Å²) in [5.41, 5.74) is 4.83. The van der Waals surface area contributed by atoms with E-state index in [1.807, 2.05) is 0 Å². The lowest BCUT2D eigenvalue weighted by Crippen LogP contribution is -2.30. The van der Waals surface area contributed by atoms with Gasteiger partial charge in [0.25, 0.3) is 0 Å². The Morgan fingerprint density at radius 3 is 2.82 bits per heavy atom. The average Bonchev–Trinajstić information content (AvgIpc) is 1.85. The Hall–Kier alpha value is -0.770. The Morgan fingerprint density at radius 2 is 2.27 bits per heavy atom. The molecule has 0 heterocycles. The van der Waals surface area contributed by atoms with Crippen LogP contribution in [0.4, 0.5) is 4.79 Å². The van der Waals surface area contributed by atoms with Crippen molar-refractivity contribution in [1.82, 2.24) is 0 Å². The quantitative estimate of drug-likeness (QED) is 0.581. The van der Waals surface area contributed by atoms with Crippen LogP contribution >= 0.6 is 0 Å². The van der Waals surface area contributed by atoms with Gasteiger partial charge in [-0.1, -0.05) is 0 Å². The van der Waals surface area contributed by atoms with Crippen molar-refractivity contribution >= 4 is 6.09 Å². The zero-order valence-electron chi connectivity index (χ0n) is 6.32. The van der Waals surface area contributed by atoms with Gasteiger partial charge in [-0.2, -0.15) is 0 Å². The minimum Gasteiger partial charge on any atom is -0.446 e. The Morgan fingerprint density at radius 1 is 1.55 bits per heavy atom. The van der Waals surface area contributed by atoms with Gasteiger partial charge in [-0.05, 0) is 19.3 Å². The highest BCUT2D eigenvalue weighted by molar-refractivity contribution is 5.64. The van der Waals surface area contributed by atoms with E-state index in [9.17, 15) is 4.79 Å². The Bertz CT molecular complexity index is 149. The predicted octanol–water partition coefficient (Wildman–Crippen LogP) is 0.385. The molecule has 0 aromatic rings. The molecule has 4 heteroatoms. The van der Waals surface area contributed by atoms with Gasteiger partial charge in [0.15, 0.2) is 0 Å². The summed E-state index contributed by atoms with van der Waals surface area (Å²) in [6, 6.07) is 0. The highest BCUT2D eigenvalue weighted by Crippen LogP contribution is 2.20. The van der Waals surface area contributed by atoms with Crippen molar-refractivity contribution in [2.24, 2.45) is 5.73 Å². The zero-order chi connectivity index (χ0) is 8.27. The van der Waals surface area contributed by atoms with Gasteiger partial charge in [0.1, 0.15) is 6.10 Å². The number of aliphatic hydroxyl groups excluding tert-OH is 1. The van der Waals surface area contributed by atoms with Crippen molar-refractivity contribution in [3.63, 3.8) is 0 Å². The van der Waals surface area contributed by atoms with Gasteiger partial charge in [0.2, 0.25) is 0 Å². The second-order valence-electron chi connectivity index (χ2n) is 2.88. The van der Waals surface area contributed by atoms with Gasteiger partial charge in [0.05, 0.1) is 6.10 Å². The van der Waals surface area contributed by atoms with Crippen molar-refractivity contribution in [2.75, 3.05) is 0 Å². The highest BCUT2D eigenvalue weighted by Gasteiger charge is 2.22. The van der Waals surface area contributed by atoms with Crippen LogP contribution < -0.4 is 5.73 Å². The van der Waals surface area contributed by atoms with Gasteiger partial charge in [-0.3, -0.25) is 0 Å². The molecule has 1 amide bonds. The molecule has 4 nitrogen and oxygen atoms in total. The number of aliphatic hydroxyl groups is 1. The number of hydrogen-bond donors (Lipinski definition) is 2. The first-order valence-electron chi connectivity index (χ1n) is 3.82. The SMILES string of the molecule is NC(=O)O[C@H]1CCC[C@@H](O)C1. The maximum Gasteiger partial charge on any atom is 0.404 e. The Kier molecular flexibility index (Phi) is 2.70. The van der Waals surface area contributed by atoms with Gasteiger partial charge in [-0.25, -0.2) is 4.79 Å². The maximum absolute atomic E-state index is 10.3. The van der Waals surface area contributed by atoms with Crippen LogP contribution in [-0.4, -0.2) is 23.4 Å². The molecule has 3 N–H and O–H groups in total. The molecule has 2 atom stereocenters. The van der Waals surface area contributed by atoms with Crippen molar-refractivity contribution in [1.29, 1.82) is 0 Å². The summed E-state index contributed by atoms with van der Waals surface area (Å²) in [7, 11) is 0. The molecule has 0 aromatic carbocycles. The summed E-state index contributed by atoms with van der Waals surface area (Å²) >= 11 is 0. The highest BCUT2D eigenvalue weighted by atomic mass is 16.6. The molecule has 0 unspecified atom stereocenters. The summed E-state index contributed by atoms with van der Waals surface area (Å²) in [6.45, 7) is 0. The lowest BCUT2D eigenvalue weighted by Gasteiger charge is -2.24. The van der Waals surface area contributed by atoms with E-state index in [0.717, 1.165) is 19.3 Å². The molecule has 1 saturated carbocycles. The van der Waals surface area contributed by atoms with Crippen molar-refractivity contribution < 1.29 is 14.6 Å². The van der Waals surface area contributed by atoms with E-state index in [0.29, 0.717) is 6.42 Å². The number of carbonyl (C=O) groups excluding carboxylic acids is 1. The van der Waals surface area contributed by atoms with Gasteiger partial charge < -0.3 is 15.6 Å². The van der Waals surface area contributed by atoms with Crippen LogP contribution in [0, 0.1) is 0 Å². The topological polar surface area (TPSA) is 72.6 Å². The number of rotatable bonds is 1. The third-order valence-corrected chi connectivity index (χ3v) is 1.88. The third-order valence-electron chi connectivity index (χ3n) is 1.88. The second-order valence-corrected chi connectivity index (χ2v) is 2.88. The number of ether oxygens (including phenoxy) is 1. The molecule has 64 valence electrons. The molecular weight excluding hydrogens is 146 g/mol. The van der Waals surface area contributed by atoms with Crippen LogP contribution in [0.15, 0.2) is 0 Å². The molecule has 0 aliphatic heterocycles. The minimum atomic E-state index is -0.746. The number of amides is 1. The second kappa shape index (κ2) is 3.57. The normalized spacial score (nSPS) is 31.4. The fraction of sp³-hybridized carbons (Fsp3) is 0.857. The minimum absolute atomic E-state index is 0.170. The molecule has 0 aromatic heterocycles. The summed E-state index contributed by atoms with van der Waals surface area (Å²) in [5.74, 6) is 0. The molecular formula is C7H13NO3. The first-order valence-corrected chi connectivity index (χ1v) is 3.82. The fourth-order valence-electron chi connectivity index (χ4n) is 1.39. The number of hydrogen-bond acceptors (Lipinski definition) is 3. The number of carbonyl (C=O) groups is 1. The van der Waals surface area contributed by atoms with Crippen LogP contribution in [0.3, 0.4) is 0 Å². The van der Waals surface area contributed by atoms with E-state index >= 15 is 0 Å². The Balaban J connectivity index is 2.28. The lowest BCUT2D eigenvalue weighted by molar-refractivity contribution is 0.0267. The van der Waals surface area contributed by atoms with Gasteiger partial charge in [-0.15, -0.1) is 0 Å². The summed E-state index contributed by atoms with van der Waals surface area (Å²) < 4.78 is 4.74. The smallest absolute Gasteiger partial charge is 0.404 e. The van der Waals surface area contributed by atoms with Crippen LogP contribution in [0.25, 0.3) is 0 Å². The molecule has 0 spiro atoms. The van der Waals surface area contributed by atoms with Crippen LogP contribution in [0.5, 0.6) is 0 Å². The van der Waals surface area contributed by atoms with E-state index < -0.39 is 6.09 Å². The Labute approximate surface area is 65.3 Å². The van der Waals surface area contributed by atoms with E-state index in [-0.39, 0.29) is 12.2 Å². The molecule has 1 rings (SSSR count). The van der Waals surface area contributed by atoms with Gasteiger partial charge >= 0.3 is 6.09 Å². The van der Waals surface area contributed by atoms with Crippen LogP contribution in [-0.2, 0) is 4.74 Å². The first kappa shape index (κ1) is 8.33. The maximum atomic E-state index is 10.3. The van der Waals surface area contributed by atoms with E-state index in [2.05, 4.69) is 0 Å². The monoisotopic (exact) mass is 159 g/mol. The molecule has 0 bridgehead atoms. The zero-order valence-corrected chi connectivity index (χ0v) is 6.32. The number of primary amides is 1. The average molecular weight is 159 g/mol. The van der Waals surface area contributed by atoms with Crippen LogP contribution in [0.2, 0.25) is 0 Å². The standard InChI is InChI=1S/C7H13NO3/c8-7(10)11-6-3-1-2-5(9)4-6/h5-6,9H,1-4H2,(H2,8,10)/t5-,6+/m1/s1. The first-order chi connectivity index (χ1) is 5.18. The van der Waals surface area contributed by atoms with Gasteiger partial charge in [0, 0.05) is 6.42 Å². The van der Waals surface area contributed by atoms with Crippen molar-refractivity contribution in [2.45, 2.75) is 37.9 Å². The summed E-state index contributed by atoms with van der Waals surface area (Å²) in [5, 5.41) is 9.16. The lowest BCUT2D eigenvalue weighted by atomic mass is 9.95. The van der Waals surface area contributed by atoms with E-state index in [1.165, 1.54) is 0 Å². The van der Waals surface area contributed by atoms with E-state index in [1.54, 1.807) is 0 Å². The fourth-order valence-corrected chi connectivity index (χ4v) is 1.39. The molecule has 1 fully saturated rings. The molecule has 0 radical (unpaired) electrons. The summed E-state index contributed by atoms with van der Waals surface area (Å²) in [6.07, 6.45) is 1.81. The molecule has 1 aliphatic rings.